The molecular weight excluding hydrogens is 249 g/mol. The van der Waals surface area contributed by atoms with Crippen LogP contribution in [0, 0.1) is 5.82 Å². The number of benzene rings is 1. The highest BCUT2D eigenvalue weighted by Crippen LogP contribution is 2.22. The molecule has 3 N–H and O–H groups in total. The monoisotopic (exact) mass is 261 g/mol. The summed E-state index contributed by atoms with van der Waals surface area (Å²) in [5.41, 5.74) is 0.199. The summed E-state index contributed by atoms with van der Waals surface area (Å²) in [5, 5.41) is 21.6. The zero-order chi connectivity index (χ0) is 13.0. The van der Waals surface area contributed by atoms with Gasteiger partial charge in [-0.3, -0.25) is 4.79 Å². The van der Waals surface area contributed by atoms with Gasteiger partial charge in [-0.25, -0.2) is 4.39 Å². The molecule has 1 amide bonds. The minimum absolute atomic E-state index is 0.0581. The van der Waals surface area contributed by atoms with Crippen LogP contribution >= 0.6 is 11.6 Å². The Balaban J connectivity index is 2.70. The molecule has 0 saturated carbocycles. The lowest BCUT2D eigenvalue weighted by molar-refractivity contribution is -0.119. The smallest absolute Gasteiger partial charge is 0.216 e. The van der Waals surface area contributed by atoms with Crippen LogP contribution in [0.5, 0.6) is 0 Å². The molecule has 0 aliphatic heterocycles. The Hall–Kier alpha value is -1.17. The quantitative estimate of drug-likeness (QED) is 0.758. The fourth-order valence-corrected chi connectivity index (χ4v) is 1.40. The lowest BCUT2D eigenvalue weighted by Gasteiger charge is -2.18. The topological polar surface area (TPSA) is 69.6 Å². The number of carbonyl (C=O) groups is 1. The third-order valence-corrected chi connectivity index (χ3v) is 2.52. The fourth-order valence-electron chi connectivity index (χ4n) is 1.28. The molecule has 1 rings (SSSR count). The summed E-state index contributed by atoms with van der Waals surface area (Å²) in [7, 11) is 0. The van der Waals surface area contributed by atoms with Crippen molar-refractivity contribution in [2.75, 3.05) is 6.54 Å². The molecule has 0 aliphatic carbocycles. The number of rotatable bonds is 4. The zero-order valence-electron chi connectivity index (χ0n) is 9.15. The summed E-state index contributed by atoms with van der Waals surface area (Å²) in [5.74, 6) is -0.992. The van der Waals surface area contributed by atoms with Crippen molar-refractivity contribution >= 4 is 17.5 Å². The van der Waals surface area contributed by atoms with Crippen LogP contribution in [0.3, 0.4) is 0 Å². The Bertz CT molecular complexity index is 414. The van der Waals surface area contributed by atoms with E-state index in [2.05, 4.69) is 5.32 Å². The number of hydrogen-bond donors (Lipinski definition) is 3. The fraction of sp³-hybridized carbons (Fsp3) is 0.364. The number of aliphatic hydroxyl groups excluding tert-OH is 2. The van der Waals surface area contributed by atoms with Gasteiger partial charge in [0.15, 0.2) is 0 Å². The maximum absolute atomic E-state index is 13.1. The number of hydrogen-bond acceptors (Lipinski definition) is 3. The van der Waals surface area contributed by atoms with Gasteiger partial charge in [0.2, 0.25) is 5.91 Å². The minimum atomic E-state index is -1.28. The van der Waals surface area contributed by atoms with Gasteiger partial charge in [0.25, 0.3) is 0 Å². The minimum Gasteiger partial charge on any atom is -0.388 e. The molecule has 0 bridgehead atoms. The van der Waals surface area contributed by atoms with Gasteiger partial charge in [-0.15, -0.1) is 0 Å². The Morgan fingerprint density at radius 3 is 2.71 bits per heavy atom. The first-order valence-corrected chi connectivity index (χ1v) is 5.35. The number of carbonyl (C=O) groups excluding carboxylic acids is 1. The Morgan fingerprint density at radius 1 is 1.53 bits per heavy atom. The van der Waals surface area contributed by atoms with E-state index in [4.69, 9.17) is 11.6 Å². The first-order valence-electron chi connectivity index (χ1n) is 4.97. The predicted molar refractivity (Wildman–Crippen MR) is 61.1 cm³/mol. The van der Waals surface area contributed by atoms with Gasteiger partial charge >= 0.3 is 0 Å². The van der Waals surface area contributed by atoms with Gasteiger partial charge in [-0.1, -0.05) is 17.7 Å². The third-order valence-electron chi connectivity index (χ3n) is 2.21. The molecule has 1 aromatic carbocycles. The molecule has 0 heterocycles. The largest absolute Gasteiger partial charge is 0.388 e. The summed E-state index contributed by atoms with van der Waals surface area (Å²) in [6, 6.07) is 3.75. The predicted octanol–water partition coefficient (Wildman–Crippen LogP) is 1.01. The van der Waals surface area contributed by atoms with Gasteiger partial charge < -0.3 is 15.5 Å². The third kappa shape index (κ3) is 3.96. The summed E-state index contributed by atoms with van der Waals surface area (Å²) in [6.07, 6.45) is -2.49. The van der Waals surface area contributed by atoms with E-state index < -0.39 is 18.0 Å². The number of nitrogens with one attached hydrogen (secondary N) is 1. The average Bonchev–Trinajstić information content (AvgIpc) is 2.28. The molecule has 4 nitrogen and oxygen atoms in total. The number of amides is 1. The van der Waals surface area contributed by atoms with Crippen LogP contribution in [0.15, 0.2) is 18.2 Å². The van der Waals surface area contributed by atoms with E-state index in [0.29, 0.717) is 0 Å². The molecule has 0 aromatic heterocycles. The van der Waals surface area contributed by atoms with Gasteiger partial charge in [-0.2, -0.15) is 0 Å². The molecule has 6 heteroatoms. The number of halogens is 2. The SMILES string of the molecule is CC(=O)NCC(O)C(O)c1ccc(Cl)c(F)c1. The van der Waals surface area contributed by atoms with E-state index in [-0.39, 0.29) is 23.0 Å². The average molecular weight is 262 g/mol. The molecule has 0 radical (unpaired) electrons. The second-order valence-electron chi connectivity index (χ2n) is 3.62. The van der Waals surface area contributed by atoms with Gasteiger partial charge in [0.05, 0.1) is 5.02 Å². The second kappa shape index (κ2) is 5.95. The molecule has 2 unspecified atom stereocenters. The summed E-state index contributed by atoms with van der Waals surface area (Å²) < 4.78 is 13.1. The molecule has 2 atom stereocenters. The van der Waals surface area contributed by atoms with E-state index in [1.165, 1.54) is 19.1 Å². The molecular formula is C11H13ClFNO3. The molecule has 1 aromatic rings. The van der Waals surface area contributed by atoms with Crippen molar-refractivity contribution in [3.63, 3.8) is 0 Å². The van der Waals surface area contributed by atoms with Gasteiger partial charge in [0.1, 0.15) is 18.0 Å². The van der Waals surface area contributed by atoms with E-state index in [1.807, 2.05) is 0 Å². The molecule has 0 aliphatic rings. The number of aliphatic hydroxyl groups is 2. The van der Waals surface area contributed by atoms with Crippen molar-refractivity contribution in [1.82, 2.24) is 5.32 Å². The standard InChI is InChI=1S/C11H13ClFNO3/c1-6(15)14-5-10(16)11(17)7-2-3-8(12)9(13)4-7/h2-4,10-11,16-17H,5H2,1H3,(H,14,15). The van der Waals surface area contributed by atoms with Crippen molar-refractivity contribution in [1.29, 1.82) is 0 Å². The van der Waals surface area contributed by atoms with Crippen LogP contribution in [-0.4, -0.2) is 28.8 Å². The zero-order valence-corrected chi connectivity index (χ0v) is 9.91. The van der Waals surface area contributed by atoms with Crippen LogP contribution in [0.1, 0.15) is 18.6 Å². The van der Waals surface area contributed by atoms with E-state index in [0.717, 1.165) is 6.07 Å². The van der Waals surface area contributed by atoms with Crippen LogP contribution in [0.4, 0.5) is 4.39 Å². The van der Waals surface area contributed by atoms with E-state index in [9.17, 15) is 19.4 Å². The molecule has 94 valence electrons. The lowest BCUT2D eigenvalue weighted by atomic mass is 10.0. The van der Waals surface area contributed by atoms with Crippen molar-refractivity contribution in [2.45, 2.75) is 19.1 Å². The maximum Gasteiger partial charge on any atom is 0.216 e. The molecule has 0 saturated heterocycles. The van der Waals surface area contributed by atoms with Gasteiger partial charge in [0, 0.05) is 13.5 Å². The van der Waals surface area contributed by atoms with Gasteiger partial charge in [-0.05, 0) is 17.7 Å². The first-order chi connectivity index (χ1) is 7.91. The van der Waals surface area contributed by atoms with Crippen molar-refractivity contribution in [3.05, 3.63) is 34.6 Å². The Morgan fingerprint density at radius 2 is 2.18 bits per heavy atom. The van der Waals surface area contributed by atoms with Crippen LogP contribution in [-0.2, 0) is 4.79 Å². The summed E-state index contributed by atoms with van der Waals surface area (Å²) in [4.78, 5) is 10.6. The van der Waals surface area contributed by atoms with E-state index in [1.54, 1.807) is 0 Å². The molecule has 17 heavy (non-hydrogen) atoms. The normalized spacial score (nSPS) is 14.2. The van der Waals surface area contributed by atoms with Crippen molar-refractivity contribution in [2.24, 2.45) is 0 Å². The van der Waals surface area contributed by atoms with Crippen LogP contribution in [0.25, 0.3) is 0 Å². The van der Waals surface area contributed by atoms with Crippen molar-refractivity contribution in [3.8, 4) is 0 Å². The molecule has 0 spiro atoms. The lowest BCUT2D eigenvalue weighted by Crippen LogP contribution is -2.34. The highest BCUT2D eigenvalue weighted by molar-refractivity contribution is 6.30. The van der Waals surface area contributed by atoms with Crippen LogP contribution < -0.4 is 5.32 Å². The molecule has 0 fully saturated rings. The maximum atomic E-state index is 13.1. The first kappa shape index (κ1) is 13.9. The van der Waals surface area contributed by atoms with E-state index >= 15 is 0 Å². The summed E-state index contributed by atoms with van der Waals surface area (Å²) >= 11 is 5.49. The Kier molecular flexibility index (Phi) is 4.86. The van der Waals surface area contributed by atoms with Crippen LogP contribution in [0.2, 0.25) is 5.02 Å². The van der Waals surface area contributed by atoms with Crippen molar-refractivity contribution < 1.29 is 19.4 Å². The second-order valence-corrected chi connectivity index (χ2v) is 4.03. The summed E-state index contributed by atoms with van der Waals surface area (Å²) in [6.45, 7) is 1.18. The Labute approximate surface area is 103 Å². The highest BCUT2D eigenvalue weighted by atomic mass is 35.5. The highest BCUT2D eigenvalue weighted by Gasteiger charge is 2.19.